The monoisotopic (exact) mass is 422 g/mol. The average Bonchev–Trinajstić information content (AvgIpc) is 3.55. The molecule has 0 spiro atoms. The second kappa shape index (κ2) is 7.83. The zero-order valence-electron chi connectivity index (χ0n) is 17.2. The Balaban J connectivity index is 1.26. The average molecular weight is 423 g/mol. The van der Waals surface area contributed by atoms with Gasteiger partial charge in [-0.15, -0.1) is 21.5 Å². The van der Waals surface area contributed by atoms with Crippen LogP contribution in [0.5, 0.6) is 0 Å². The van der Waals surface area contributed by atoms with Crippen LogP contribution in [-0.4, -0.2) is 56.7 Å². The first-order valence-corrected chi connectivity index (χ1v) is 11.5. The van der Waals surface area contributed by atoms with E-state index < -0.39 is 0 Å². The van der Waals surface area contributed by atoms with Gasteiger partial charge in [0.05, 0.1) is 5.41 Å². The summed E-state index contributed by atoms with van der Waals surface area (Å²) >= 11 is 1.73. The molecule has 0 unspecified atom stereocenters. The van der Waals surface area contributed by atoms with E-state index in [0.717, 1.165) is 69.3 Å². The Morgan fingerprint density at radius 3 is 2.37 bits per heavy atom. The van der Waals surface area contributed by atoms with E-state index in [9.17, 15) is 4.79 Å². The molecule has 156 valence electrons. The quantitative estimate of drug-likeness (QED) is 0.646. The van der Waals surface area contributed by atoms with E-state index >= 15 is 0 Å². The first kappa shape index (κ1) is 19.2. The zero-order valence-corrected chi connectivity index (χ0v) is 18.0. The van der Waals surface area contributed by atoms with Gasteiger partial charge in [0.15, 0.2) is 11.6 Å². The van der Waals surface area contributed by atoms with Crippen LogP contribution in [0, 0.1) is 6.92 Å². The number of carbonyl (C=O) groups is 1. The number of amides is 1. The summed E-state index contributed by atoms with van der Waals surface area (Å²) < 4.78 is 1.92. The molecule has 1 saturated heterocycles. The summed E-state index contributed by atoms with van der Waals surface area (Å²) in [7, 11) is 0. The minimum Gasteiger partial charge on any atom is -0.352 e. The molecule has 3 aromatic rings. The molecule has 3 aromatic heterocycles. The lowest BCUT2D eigenvalue weighted by Crippen LogP contribution is -2.54. The molecule has 0 bridgehead atoms. The van der Waals surface area contributed by atoms with Crippen molar-refractivity contribution in [2.24, 2.45) is 0 Å². The highest BCUT2D eigenvalue weighted by Crippen LogP contribution is 2.44. The van der Waals surface area contributed by atoms with Crippen LogP contribution in [0.4, 0.5) is 5.82 Å². The molecule has 0 aromatic carbocycles. The van der Waals surface area contributed by atoms with Crippen LogP contribution < -0.4 is 4.90 Å². The minimum atomic E-state index is -0.291. The van der Waals surface area contributed by atoms with Gasteiger partial charge >= 0.3 is 0 Å². The Hall–Kier alpha value is -2.74. The van der Waals surface area contributed by atoms with Gasteiger partial charge in [0.25, 0.3) is 0 Å². The van der Waals surface area contributed by atoms with Crippen LogP contribution in [-0.2, 0) is 10.2 Å². The number of aryl methyl sites for hydroxylation is 1. The van der Waals surface area contributed by atoms with Crippen molar-refractivity contribution in [2.75, 3.05) is 31.1 Å². The van der Waals surface area contributed by atoms with E-state index in [1.807, 2.05) is 29.8 Å². The number of hydrogen-bond acceptors (Lipinski definition) is 6. The SMILES string of the molecule is Cc1nccn1-c1ccc(N2CCN(C(=O)C3(c4cccs4)CCCC3)CC2)nn1. The highest BCUT2D eigenvalue weighted by molar-refractivity contribution is 7.10. The first-order valence-electron chi connectivity index (χ1n) is 10.6. The number of imidazole rings is 1. The standard InChI is InChI=1S/C22H26N6OS/c1-17-23-10-11-28(17)20-7-6-19(24-25-20)26-12-14-27(15-13-26)21(29)22(8-2-3-9-22)18-5-4-16-30-18/h4-7,10-11,16H,2-3,8-9,12-15H2,1H3. The number of piperazine rings is 1. The van der Waals surface area contributed by atoms with E-state index in [4.69, 9.17) is 0 Å². The highest BCUT2D eigenvalue weighted by atomic mass is 32.1. The Kier molecular flexibility index (Phi) is 5.02. The predicted octanol–water partition coefficient (Wildman–Crippen LogP) is 3.19. The molecule has 30 heavy (non-hydrogen) atoms. The second-order valence-corrected chi connectivity index (χ2v) is 9.09. The largest absolute Gasteiger partial charge is 0.352 e. The van der Waals surface area contributed by atoms with Gasteiger partial charge in [-0.3, -0.25) is 9.36 Å². The third-order valence-corrected chi connectivity index (χ3v) is 7.53. The van der Waals surface area contributed by atoms with Crippen LogP contribution in [0.2, 0.25) is 0 Å². The summed E-state index contributed by atoms with van der Waals surface area (Å²) in [6, 6.07) is 8.18. The predicted molar refractivity (Wildman–Crippen MR) is 117 cm³/mol. The maximum Gasteiger partial charge on any atom is 0.234 e. The number of aromatic nitrogens is 4. The Morgan fingerprint density at radius 2 is 1.77 bits per heavy atom. The number of anilines is 1. The molecule has 0 radical (unpaired) electrons. The molecule has 2 aliphatic rings. The van der Waals surface area contributed by atoms with Gasteiger partial charge in [-0.1, -0.05) is 18.9 Å². The van der Waals surface area contributed by atoms with Gasteiger partial charge < -0.3 is 9.80 Å². The van der Waals surface area contributed by atoms with Crippen molar-refractivity contribution in [1.29, 1.82) is 0 Å². The Bertz CT molecular complexity index is 999. The maximum absolute atomic E-state index is 13.5. The molecule has 4 heterocycles. The summed E-state index contributed by atoms with van der Waals surface area (Å²) in [6.45, 7) is 4.97. The van der Waals surface area contributed by atoms with E-state index in [0.29, 0.717) is 5.91 Å². The summed E-state index contributed by atoms with van der Waals surface area (Å²) in [4.78, 5) is 23.3. The van der Waals surface area contributed by atoms with Gasteiger partial charge in [0, 0.05) is 43.4 Å². The first-order chi connectivity index (χ1) is 14.7. The fourth-order valence-electron chi connectivity index (χ4n) is 4.77. The van der Waals surface area contributed by atoms with Crippen molar-refractivity contribution in [3.63, 3.8) is 0 Å². The Labute approximate surface area is 180 Å². The van der Waals surface area contributed by atoms with Gasteiger partial charge in [-0.25, -0.2) is 4.98 Å². The van der Waals surface area contributed by atoms with Gasteiger partial charge in [0.1, 0.15) is 5.82 Å². The second-order valence-electron chi connectivity index (χ2n) is 8.14. The third kappa shape index (κ3) is 3.29. The van der Waals surface area contributed by atoms with E-state index in [1.54, 1.807) is 17.5 Å². The topological polar surface area (TPSA) is 67.2 Å². The van der Waals surface area contributed by atoms with E-state index in [2.05, 4.69) is 42.5 Å². The highest BCUT2D eigenvalue weighted by Gasteiger charge is 2.46. The lowest BCUT2D eigenvalue weighted by atomic mass is 9.82. The van der Waals surface area contributed by atoms with Crippen molar-refractivity contribution < 1.29 is 4.79 Å². The van der Waals surface area contributed by atoms with Gasteiger partial charge in [0.2, 0.25) is 5.91 Å². The fraction of sp³-hybridized carbons (Fsp3) is 0.455. The van der Waals surface area contributed by atoms with Crippen LogP contribution in [0.1, 0.15) is 36.4 Å². The van der Waals surface area contributed by atoms with Crippen LogP contribution in [0.15, 0.2) is 42.0 Å². The van der Waals surface area contributed by atoms with Crippen molar-refractivity contribution in [1.82, 2.24) is 24.6 Å². The summed E-state index contributed by atoms with van der Waals surface area (Å²) in [5.41, 5.74) is -0.291. The lowest BCUT2D eigenvalue weighted by molar-refractivity contribution is -0.137. The van der Waals surface area contributed by atoms with E-state index in [1.165, 1.54) is 4.88 Å². The number of carbonyl (C=O) groups excluding carboxylic acids is 1. The van der Waals surface area contributed by atoms with Crippen LogP contribution in [0.25, 0.3) is 5.82 Å². The molecule has 5 rings (SSSR count). The van der Waals surface area contributed by atoms with Gasteiger partial charge in [-0.05, 0) is 43.3 Å². The number of hydrogen-bond donors (Lipinski definition) is 0. The molecular formula is C22H26N6OS. The zero-order chi connectivity index (χ0) is 20.6. The summed E-state index contributed by atoms with van der Waals surface area (Å²) in [6.07, 6.45) is 7.88. The molecule has 1 saturated carbocycles. The van der Waals surface area contributed by atoms with Crippen molar-refractivity contribution in [3.8, 4) is 5.82 Å². The minimum absolute atomic E-state index is 0.291. The molecular weight excluding hydrogens is 396 g/mol. The number of nitrogens with zero attached hydrogens (tertiary/aromatic N) is 6. The van der Waals surface area contributed by atoms with Gasteiger partial charge in [-0.2, -0.15) is 0 Å². The normalized spacial score (nSPS) is 18.7. The maximum atomic E-state index is 13.5. The summed E-state index contributed by atoms with van der Waals surface area (Å²) in [5.74, 6) is 2.83. The van der Waals surface area contributed by atoms with Crippen LogP contribution in [0.3, 0.4) is 0 Å². The smallest absolute Gasteiger partial charge is 0.234 e. The molecule has 0 N–H and O–H groups in total. The molecule has 1 aliphatic carbocycles. The van der Waals surface area contributed by atoms with Crippen molar-refractivity contribution in [2.45, 2.75) is 38.0 Å². The van der Waals surface area contributed by atoms with Crippen LogP contribution >= 0.6 is 11.3 Å². The summed E-state index contributed by atoms with van der Waals surface area (Å²) in [5, 5.41) is 10.9. The lowest BCUT2D eigenvalue weighted by Gasteiger charge is -2.39. The van der Waals surface area contributed by atoms with E-state index in [-0.39, 0.29) is 5.41 Å². The molecule has 2 fully saturated rings. The fourth-order valence-corrected chi connectivity index (χ4v) is 5.75. The molecule has 0 atom stereocenters. The van der Waals surface area contributed by atoms with Crippen molar-refractivity contribution >= 4 is 23.1 Å². The van der Waals surface area contributed by atoms with Crippen molar-refractivity contribution in [3.05, 3.63) is 52.7 Å². The number of thiophene rings is 1. The number of rotatable bonds is 4. The molecule has 7 nitrogen and oxygen atoms in total. The molecule has 8 heteroatoms. The third-order valence-electron chi connectivity index (χ3n) is 6.46. The Morgan fingerprint density at radius 1 is 1.03 bits per heavy atom. The molecule has 1 amide bonds. The molecule has 1 aliphatic heterocycles.